The van der Waals surface area contributed by atoms with Crippen LogP contribution in [0.1, 0.15) is 54.1 Å². The van der Waals surface area contributed by atoms with Crippen molar-refractivity contribution >= 4 is 23.2 Å². The lowest BCUT2D eigenvalue weighted by atomic mass is 9.86. The number of nitrogens with zero attached hydrogens (tertiary/aromatic N) is 1. The molecule has 0 bridgehead atoms. The van der Waals surface area contributed by atoms with Gasteiger partial charge in [-0.25, -0.2) is 0 Å². The number of hydrogen-bond acceptors (Lipinski definition) is 3. The number of fused-ring (bicyclic) bond motifs is 1. The van der Waals surface area contributed by atoms with Crippen molar-refractivity contribution < 1.29 is 14.3 Å². The van der Waals surface area contributed by atoms with Gasteiger partial charge in [0.05, 0.1) is 25.7 Å². The molecule has 1 aliphatic heterocycles. The summed E-state index contributed by atoms with van der Waals surface area (Å²) in [7, 11) is 1.63. The van der Waals surface area contributed by atoms with E-state index in [-0.39, 0.29) is 18.1 Å². The molecule has 5 heteroatoms. The Morgan fingerprint density at radius 2 is 1.79 bits per heavy atom. The number of hydrogen-bond donors (Lipinski definition) is 0. The van der Waals surface area contributed by atoms with Crippen molar-refractivity contribution in [1.29, 1.82) is 0 Å². The standard InChI is InChI=1S/C28H30ClNO3/c1-6-19(4)33-26-16-23-21(14-25(26)32-5)15-27(31)30(24-12-7-17(2)13-18(24)3)28(23)20-8-10-22(29)11-9-20/h7-14,16,19,28H,6,15H2,1-5H3/t19-,28?/m1/s1. The van der Waals surface area contributed by atoms with Gasteiger partial charge in [-0.15, -0.1) is 0 Å². The van der Waals surface area contributed by atoms with Crippen LogP contribution < -0.4 is 14.4 Å². The Balaban J connectivity index is 1.93. The van der Waals surface area contributed by atoms with Gasteiger partial charge in [-0.3, -0.25) is 4.79 Å². The van der Waals surface area contributed by atoms with E-state index >= 15 is 0 Å². The van der Waals surface area contributed by atoms with Crippen molar-refractivity contribution in [2.24, 2.45) is 0 Å². The van der Waals surface area contributed by atoms with E-state index in [0.29, 0.717) is 22.9 Å². The third kappa shape index (κ3) is 4.58. The lowest BCUT2D eigenvalue weighted by molar-refractivity contribution is -0.118. The van der Waals surface area contributed by atoms with Gasteiger partial charge in [-0.1, -0.05) is 48.4 Å². The third-order valence-electron chi connectivity index (χ3n) is 6.29. The molecule has 0 spiro atoms. The maximum atomic E-state index is 13.6. The largest absolute Gasteiger partial charge is 0.493 e. The molecule has 33 heavy (non-hydrogen) atoms. The van der Waals surface area contributed by atoms with Gasteiger partial charge in [0.25, 0.3) is 0 Å². The van der Waals surface area contributed by atoms with Gasteiger partial charge in [0.15, 0.2) is 11.5 Å². The number of rotatable bonds is 6. The lowest BCUT2D eigenvalue weighted by Crippen LogP contribution is -2.41. The van der Waals surface area contributed by atoms with Gasteiger partial charge >= 0.3 is 0 Å². The van der Waals surface area contributed by atoms with Gasteiger partial charge in [-0.2, -0.15) is 0 Å². The van der Waals surface area contributed by atoms with Gasteiger partial charge in [0.1, 0.15) is 0 Å². The second-order valence-corrected chi connectivity index (χ2v) is 9.16. The summed E-state index contributed by atoms with van der Waals surface area (Å²) in [6.45, 7) is 8.24. The molecular weight excluding hydrogens is 434 g/mol. The molecule has 0 aromatic heterocycles. The number of benzene rings is 3. The molecule has 0 saturated heterocycles. The highest BCUT2D eigenvalue weighted by Crippen LogP contribution is 2.44. The molecule has 4 rings (SSSR count). The van der Waals surface area contributed by atoms with Crippen molar-refractivity contribution in [2.75, 3.05) is 12.0 Å². The van der Waals surface area contributed by atoms with Gasteiger partial charge in [0, 0.05) is 10.7 Å². The van der Waals surface area contributed by atoms with Crippen LogP contribution in [0.3, 0.4) is 0 Å². The van der Waals surface area contributed by atoms with E-state index in [1.54, 1.807) is 7.11 Å². The van der Waals surface area contributed by atoms with Crippen LogP contribution in [0.5, 0.6) is 11.5 Å². The second-order valence-electron chi connectivity index (χ2n) is 8.72. The fourth-order valence-electron chi connectivity index (χ4n) is 4.43. The van der Waals surface area contributed by atoms with Crippen LogP contribution in [0.25, 0.3) is 0 Å². The monoisotopic (exact) mass is 463 g/mol. The van der Waals surface area contributed by atoms with Gasteiger partial charge < -0.3 is 14.4 Å². The highest BCUT2D eigenvalue weighted by Gasteiger charge is 2.36. The number of carbonyl (C=O) groups is 1. The predicted molar refractivity (Wildman–Crippen MR) is 134 cm³/mol. The Morgan fingerprint density at radius 1 is 1.06 bits per heavy atom. The molecule has 3 aromatic rings. The molecule has 3 aromatic carbocycles. The van der Waals surface area contributed by atoms with Crippen LogP contribution in [-0.2, 0) is 11.2 Å². The number of ether oxygens (including phenoxy) is 2. The van der Waals surface area contributed by atoms with Crippen LogP contribution in [0.2, 0.25) is 5.02 Å². The van der Waals surface area contributed by atoms with Crippen molar-refractivity contribution in [3.63, 3.8) is 0 Å². The first-order valence-corrected chi connectivity index (χ1v) is 11.7. The molecule has 1 aliphatic rings. The first-order valence-electron chi connectivity index (χ1n) is 11.3. The fraction of sp³-hybridized carbons (Fsp3) is 0.321. The molecule has 4 nitrogen and oxygen atoms in total. The van der Waals surface area contributed by atoms with E-state index in [0.717, 1.165) is 39.9 Å². The summed E-state index contributed by atoms with van der Waals surface area (Å²) < 4.78 is 11.8. The van der Waals surface area contributed by atoms with Crippen molar-refractivity contribution in [1.82, 2.24) is 0 Å². The summed E-state index contributed by atoms with van der Waals surface area (Å²) >= 11 is 6.20. The Kier molecular flexibility index (Phi) is 6.66. The quantitative estimate of drug-likeness (QED) is 0.402. The van der Waals surface area contributed by atoms with Crippen LogP contribution in [0.4, 0.5) is 5.69 Å². The first-order chi connectivity index (χ1) is 15.8. The average molecular weight is 464 g/mol. The van der Waals surface area contributed by atoms with E-state index < -0.39 is 0 Å². The smallest absolute Gasteiger partial charge is 0.232 e. The first kappa shape index (κ1) is 23.2. The SMILES string of the molecule is CC[C@@H](C)Oc1cc2c(cc1OC)CC(=O)N(c1ccc(C)cc1C)C2c1ccc(Cl)cc1. The lowest BCUT2D eigenvalue weighted by Gasteiger charge is -2.39. The summed E-state index contributed by atoms with van der Waals surface area (Å²) in [5.41, 5.74) is 6.13. The highest BCUT2D eigenvalue weighted by atomic mass is 35.5. The normalized spacial score (nSPS) is 16.4. The van der Waals surface area contributed by atoms with Crippen LogP contribution in [-0.4, -0.2) is 19.1 Å². The van der Waals surface area contributed by atoms with E-state index in [4.69, 9.17) is 21.1 Å². The Labute approximate surface area is 201 Å². The highest BCUT2D eigenvalue weighted by molar-refractivity contribution is 6.30. The molecule has 0 N–H and O–H groups in total. The van der Waals surface area contributed by atoms with Gasteiger partial charge in [0.2, 0.25) is 5.91 Å². The minimum atomic E-state index is -0.301. The van der Waals surface area contributed by atoms with Crippen molar-refractivity contribution in [3.05, 3.63) is 87.4 Å². The van der Waals surface area contributed by atoms with Crippen LogP contribution in [0.15, 0.2) is 54.6 Å². The zero-order valence-electron chi connectivity index (χ0n) is 19.8. The molecule has 172 valence electrons. The molecule has 0 fully saturated rings. The summed E-state index contributed by atoms with van der Waals surface area (Å²) in [5, 5.41) is 0.662. The van der Waals surface area contributed by atoms with E-state index in [2.05, 4.69) is 32.9 Å². The molecule has 0 aliphatic carbocycles. The number of aryl methyl sites for hydroxylation is 2. The number of halogens is 1. The molecule has 1 heterocycles. The summed E-state index contributed by atoms with van der Waals surface area (Å²) in [4.78, 5) is 15.5. The predicted octanol–water partition coefficient (Wildman–Crippen LogP) is 6.82. The van der Waals surface area contributed by atoms with Crippen LogP contribution in [0, 0.1) is 13.8 Å². The zero-order valence-corrected chi connectivity index (χ0v) is 20.6. The number of methoxy groups -OCH3 is 1. The van der Waals surface area contributed by atoms with Crippen molar-refractivity contribution in [2.45, 2.75) is 52.7 Å². The third-order valence-corrected chi connectivity index (χ3v) is 6.54. The zero-order chi connectivity index (χ0) is 23.7. The summed E-state index contributed by atoms with van der Waals surface area (Å²) in [6, 6.07) is 17.6. The Bertz CT molecular complexity index is 1170. The maximum Gasteiger partial charge on any atom is 0.232 e. The summed E-state index contributed by atoms with van der Waals surface area (Å²) in [5.74, 6) is 1.39. The number of amides is 1. The number of carbonyl (C=O) groups excluding carboxylic acids is 1. The topological polar surface area (TPSA) is 38.8 Å². The molecule has 0 radical (unpaired) electrons. The molecule has 2 atom stereocenters. The molecule has 1 unspecified atom stereocenters. The molecule has 0 saturated carbocycles. The Hall–Kier alpha value is -2.98. The minimum Gasteiger partial charge on any atom is -0.493 e. The molecular formula is C28H30ClNO3. The number of anilines is 1. The average Bonchev–Trinajstić information content (AvgIpc) is 2.79. The van der Waals surface area contributed by atoms with Crippen molar-refractivity contribution in [3.8, 4) is 11.5 Å². The van der Waals surface area contributed by atoms with E-state index in [1.807, 2.05) is 54.3 Å². The molecule has 1 amide bonds. The van der Waals surface area contributed by atoms with Crippen LogP contribution >= 0.6 is 11.6 Å². The maximum absolute atomic E-state index is 13.6. The van der Waals surface area contributed by atoms with E-state index in [1.165, 1.54) is 0 Å². The fourth-order valence-corrected chi connectivity index (χ4v) is 4.56. The summed E-state index contributed by atoms with van der Waals surface area (Å²) in [6.07, 6.45) is 1.23. The minimum absolute atomic E-state index is 0.0478. The van der Waals surface area contributed by atoms with E-state index in [9.17, 15) is 4.79 Å². The second kappa shape index (κ2) is 9.48. The van der Waals surface area contributed by atoms with Gasteiger partial charge in [-0.05, 0) is 79.8 Å². The Morgan fingerprint density at radius 3 is 2.42 bits per heavy atom.